The van der Waals surface area contributed by atoms with Crippen molar-refractivity contribution in [2.24, 2.45) is 0 Å². The van der Waals surface area contributed by atoms with Crippen molar-refractivity contribution in [3.8, 4) is 0 Å². The molecule has 1 aromatic rings. The lowest BCUT2D eigenvalue weighted by atomic mass is 9.92. The van der Waals surface area contributed by atoms with Crippen LogP contribution in [-0.4, -0.2) is 11.5 Å². The zero-order chi connectivity index (χ0) is 12.8. The van der Waals surface area contributed by atoms with Crippen LogP contribution < -0.4 is 5.32 Å². The standard InChI is InChI=1S/C16H24N2/c1-3-18-16(10-14-7-5-4-6-8-14)15-9-13(2)11-17-12-15/h7,9,11-12,16,18H,3-6,8,10H2,1-2H3. The molecule has 1 heterocycles. The lowest BCUT2D eigenvalue weighted by molar-refractivity contribution is 0.526. The van der Waals surface area contributed by atoms with E-state index in [-0.39, 0.29) is 0 Å². The summed E-state index contributed by atoms with van der Waals surface area (Å²) < 4.78 is 0. The van der Waals surface area contributed by atoms with E-state index in [2.05, 4.69) is 36.3 Å². The average Bonchev–Trinajstić information content (AvgIpc) is 2.39. The van der Waals surface area contributed by atoms with Crippen molar-refractivity contribution in [3.63, 3.8) is 0 Å². The SMILES string of the molecule is CCNC(CC1=CCCCC1)c1cncc(C)c1. The first kappa shape index (κ1) is 13.3. The minimum atomic E-state index is 0.423. The first-order chi connectivity index (χ1) is 8.79. The maximum atomic E-state index is 4.32. The largest absolute Gasteiger partial charge is 0.310 e. The Morgan fingerprint density at radius 1 is 1.33 bits per heavy atom. The first-order valence-electron chi connectivity index (χ1n) is 7.12. The Hall–Kier alpha value is -1.15. The summed E-state index contributed by atoms with van der Waals surface area (Å²) in [7, 11) is 0. The third kappa shape index (κ3) is 3.67. The van der Waals surface area contributed by atoms with Crippen LogP contribution >= 0.6 is 0 Å². The monoisotopic (exact) mass is 244 g/mol. The number of aromatic nitrogens is 1. The molecule has 1 N–H and O–H groups in total. The van der Waals surface area contributed by atoms with Gasteiger partial charge < -0.3 is 5.32 Å². The average molecular weight is 244 g/mol. The predicted octanol–water partition coefficient (Wildman–Crippen LogP) is 3.93. The van der Waals surface area contributed by atoms with Gasteiger partial charge >= 0.3 is 0 Å². The minimum absolute atomic E-state index is 0.423. The molecule has 0 spiro atoms. The second kappa shape index (κ2) is 6.69. The highest BCUT2D eigenvalue weighted by Crippen LogP contribution is 2.27. The summed E-state index contributed by atoms with van der Waals surface area (Å²) in [6.45, 7) is 5.29. The number of hydrogen-bond donors (Lipinski definition) is 1. The van der Waals surface area contributed by atoms with Crippen molar-refractivity contribution in [1.29, 1.82) is 0 Å². The molecule has 0 saturated heterocycles. The Balaban J connectivity index is 2.09. The van der Waals surface area contributed by atoms with Crippen LogP contribution in [0.4, 0.5) is 0 Å². The molecule has 2 rings (SSSR count). The smallest absolute Gasteiger partial charge is 0.0372 e. The quantitative estimate of drug-likeness (QED) is 0.794. The van der Waals surface area contributed by atoms with Crippen LogP contribution in [0.15, 0.2) is 30.1 Å². The topological polar surface area (TPSA) is 24.9 Å². The summed E-state index contributed by atoms with van der Waals surface area (Å²) in [5, 5.41) is 3.59. The molecular weight excluding hydrogens is 220 g/mol. The first-order valence-corrected chi connectivity index (χ1v) is 7.12. The summed E-state index contributed by atoms with van der Waals surface area (Å²) in [4.78, 5) is 4.32. The molecule has 98 valence electrons. The molecule has 0 aliphatic heterocycles. The molecule has 0 amide bonds. The molecule has 2 heteroatoms. The van der Waals surface area contributed by atoms with Crippen LogP contribution in [0.3, 0.4) is 0 Å². The van der Waals surface area contributed by atoms with Gasteiger partial charge in [0.1, 0.15) is 0 Å². The molecule has 2 nitrogen and oxygen atoms in total. The summed E-state index contributed by atoms with van der Waals surface area (Å²) in [6.07, 6.45) is 12.8. The molecular formula is C16H24N2. The van der Waals surface area contributed by atoms with E-state index in [9.17, 15) is 0 Å². The number of nitrogens with zero attached hydrogens (tertiary/aromatic N) is 1. The molecule has 18 heavy (non-hydrogen) atoms. The van der Waals surface area contributed by atoms with E-state index in [1.165, 1.54) is 36.8 Å². The maximum absolute atomic E-state index is 4.32. The van der Waals surface area contributed by atoms with Gasteiger partial charge in [0.15, 0.2) is 0 Å². The van der Waals surface area contributed by atoms with E-state index < -0.39 is 0 Å². The van der Waals surface area contributed by atoms with Gasteiger partial charge in [-0.05, 0) is 56.7 Å². The molecule has 1 aromatic heterocycles. The molecule has 0 fully saturated rings. The molecule has 1 atom stereocenters. The number of rotatable bonds is 5. The maximum Gasteiger partial charge on any atom is 0.0372 e. The zero-order valence-corrected chi connectivity index (χ0v) is 11.6. The van der Waals surface area contributed by atoms with Gasteiger partial charge in [-0.15, -0.1) is 0 Å². The Morgan fingerprint density at radius 2 is 2.22 bits per heavy atom. The van der Waals surface area contributed by atoms with Crippen LogP contribution in [0.5, 0.6) is 0 Å². The van der Waals surface area contributed by atoms with Gasteiger partial charge in [0, 0.05) is 18.4 Å². The summed E-state index contributed by atoms with van der Waals surface area (Å²) >= 11 is 0. The number of allylic oxidation sites excluding steroid dienone is 1. The molecule has 1 unspecified atom stereocenters. The van der Waals surface area contributed by atoms with Crippen LogP contribution in [0.2, 0.25) is 0 Å². The lowest BCUT2D eigenvalue weighted by Crippen LogP contribution is -2.22. The highest BCUT2D eigenvalue weighted by Gasteiger charge is 2.14. The Labute approximate surface area is 111 Å². The number of pyridine rings is 1. The predicted molar refractivity (Wildman–Crippen MR) is 76.6 cm³/mol. The van der Waals surface area contributed by atoms with Gasteiger partial charge in [-0.1, -0.05) is 24.6 Å². The summed E-state index contributed by atoms with van der Waals surface area (Å²) in [5.74, 6) is 0. The molecule has 1 aliphatic carbocycles. The van der Waals surface area contributed by atoms with Crippen molar-refractivity contribution >= 4 is 0 Å². The van der Waals surface area contributed by atoms with Gasteiger partial charge in [-0.3, -0.25) is 4.98 Å². The molecule has 0 aromatic carbocycles. The van der Waals surface area contributed by atoms with Crippen LogP contribution in [0.25, 0.3) is 0 Å². The zero-order valence-electron chi connectivity index (χ0n) is 11.6. The lowest BCUT2D eigenvalue weighted by Gasteiger charge is -2.22. The van der Waals surface area contributed by atoms with E-state index in [0.717, 1.165) is 13.0 Å². The van der Waals surface area contributed by atoms with Gasteiger partial charge in [-0.25, -0.2) is 0 Å². The van der Waals surface area contributed by atoms with Crippen molar-refractivity contribution in [3.05, 3.63) is 41.2 Å². The number of hydrogen-bond acceptors (Lipinski definition) is 2. The molecule has 0 bridgehead atoms. The second-order valence-electron chi connectivity index (χ2n) is 5.22. The fourth-order valence-electron chi connectivity index (χ4n) is 2.68. The van der Waals surface area contributed by atoms with Gasteiger partial charge in [0.2, 0.25) is 0 Å². The third-order valence-electron chi connectivity index (χ3n) is 3.60. The Kier molecular flexibility index (Phi) is 4.94. The Morgan fingerprint density at radius 3 is 2.89 bits per heavy atom. The van der Waals surface area contributed by atoms with E-state index in [1.54, 1.807) is 5.57 Å². The van der Waals surface area contributed by atoms with Crippen molar-refractivity contribution in [2.45, 2.75) is 52.0 Å². The third-order valence-corrected chi connectivity index (χ3v) is 3.60. The molecule has 0 saturated carbocycles. The van der Waals surface area contributed by atoms with E-state index in [0.29, 0.717) is 6.04 Å². The van der Waals surface area contributed by atoms with Crippen molar-refractivity contribution in [1.82, 2.24) is 10.3 Å². The number of nitrogens with one attached hydrogen (secondary N) is 1. The normalized spacial score (nSPS) is 17.3. The summed E-state index contributed by atoms with van der Waals surface area (Å²) in [5.41, 5.74) is 4.19. The van der Waals surface area contributed by atoms with Crippen molar-refractivity contribution < 1.29 is 0 Å². The molecule has 1 aliphatic rings. The highest BCUT2D eigenvalue weighted by molar-refractivity contribution is 5.22. The van der Waals surface area contributed by atoms with Gasteiger partial charge in [0.05, 0.1) is 0 Å². The molecule has 0 radical (unpaired) electrons. The van der Waals surface area contributed by atoms with Crippen LogP contribution in [-0.2, 0) is 0 Å². The van der Waals surface area contributed by atoms with Gasteiger partial charge in [-0.2, -0.15) is 0 Å². The van der Waals surface area contributed by atoms with E-state index in [4.69, 9.17) is 0 Å². The van der Waals surface area contributed by atoms with Crippen molar-refractivity contribution in [2.75, 3.05) is 6.54 Å². The van der Waals surface area contributed by atoms with Crippen LogP contribution in [0.1, 0.15) is 56.2 Å². The van der Waals surface area contributed by atoms with E-state index >= 15 is 0 Å². The number of aryl methyl sites for hydroxylation is 1. The Bertz CT molecular complexity index is 409. The fourth-order valence-corrected chi connectivity index (χ4v) is 2.68. The fraction of sp³-hybridized carbons (Fsp3) is 0.562. The summed E-state index contributed by atoms with van der Waals surface area (Å²) in [6, 6.07) is 2.68. The minimum Gasteiger partial charge on any atom is -0.310 e. The van der Waals surface area contributed by atoms with E-state index in [1.807, 2.05) is 12.4 Å². The highest BCUT2D eigenvalue weighted by atomic mass is 14.9. The van der Waals surface area contributed by atoms with Gasteiger partial charge in [0.25, 0.3) is 0 Å². The van der Waals surface area contributed by atoms with Crippen LogP contribution in [0, 0.1) is 6.92 Å². The second-order valence-corrected chi connectivity index (χ2v) is 5.22.